The Hall–Kier alpha value is -3.29. The fourth-order valence-corrected chi connectivity index (χ4v) is 5.14. The van der Waals surface area contributed by atoms with Gasteiger partial charge in [0.05, 0.1) is 24.7 Å². The maximum absolute atomic E-state index is 13.1. The third-order valence-corrected chi connectivity index (χ3v) is 6.99. The van der Waals surface area contributed by atoms with Gasteiger partial charge in [0.15, 0.2) is 11.2 Å². The molecule has 3 aromatic heterocycles. The van der Waals surface area contributed by atoms with Gasteiger partial charge in [0.2, 0.25) is 0 Å². The molecule has 1 atom stereocenters. The van der Waals surface area contributed by atoms with Crippen LogP contribution in [-0.2, 0) is 12.7 Å². The lowest BCUT2D eigenvalue weighted by Crippen LogP contribution is -2.42. The molecule has 2 aliphatic heterocycles. The predicted molar refractivity (Wildman–Crippen MR) is 124 cm³/mol. The zero-order valence-corrected chi connectivity index (χ0v) is 20.0. The number of fused-ring (bicyclic) bond motifs is 1. The molecule has 0 aliphatic carbocycles. The molecule has 0 amide bonds. The van der Waals surface area contributed by atoms with E-state index in [9.17, 15) is 27.1 Å². The van der Waals surface area contributed by atoms with E-state index in [-0.39, 0.29) is 16.9 Å². The number of rotatable bonds is 6. The van der Waals surface area contributed by atoms with Crippen LogP contribution >= 0.6 is 0 Å². The molecule has 9 nitrogen and oxygen atoms in total. The van der Waals surface area contributed by atoms with Gasteiger partial charge < -0.3 is 19.6 Å². The Labute approximate surface area is 208 Å². The molecule has 2 aliphatic rings. The number of anilines is 2. The summed E-state index contributed by atoms with van der Waals surface area (Å²) < 4.78 is 71.3. The molecule has 37 heavy (non-hydrogen) atoms. The molecule has 0 aromatic carbocycles. The molecule has 3 aromatic rings. The van der Waals surface area contributed by atoms with Crippen molar-refractivity contribution in [3.8, 4) is 5.88 Å². The number of hydrogen-bond acceptors (Lipinski definition) is 8. The molecule has 1 unspecified atom stereocenters. The van der Waals surface area contributed by atoms with Crippen molar-refractivity contribution in [3.05, 3.63) is 30.2 Å². The van der Waals surface area contributed by atoms with Crippen LogP contribution < -0.4 is 14.5 Å². The molecule has 5 heterocycles. The Balaban J connectivity index is 1.30. The summed E-state index contributed by atoms with van der Waals surface area (Å²) in [4.78, 5) is 16.2. The highest BCUT2D eigenvalue weighted by atomic mass is 19.4. The third-order valence-electron chi connectivity index (χ3n) is 6.99. The van der Waals surface area contributed by atoms with Crippen LogP contribution in [0.3, 0.4) is 0 Å². The van der Waals surface area contributed by atoms with Crippen molar-refractivity contribution in [2.45, 2.75) is 51.6 Å². The summed E-state index contributed by atoms with van der Waals surface area (Å²) in [6.45, 7) is 3.11. The number of ether oxygens (including phenoxy) is 1. The number of pyridine rings is 1. The predicted octanol–water partition coefficient (Wildman–Crippen LogP) is 3.72. The summed E-state index contributed by atoms with van der Waals surface area (Å²) in [7, 11) is 0. The molecule has 200 valence electrons. The second kappa shape index (κ2) is 9.54. The minimum atomic E-state index is -4.52. The first-order valence-electron chi connectivity index (χ1n) is 12.0. The lowest BCUT2D eigenvalue weighted by atomic mass is 9.77. The molecule has 1 spiro atoms. The maximum atomic E-state index is 13.1. The number of aliphatic hydroxyl groups excluding tert-OH is 1. The summed E-state index contributed by atoms with van der Waals surface area (Å²) in [5, 5.41) is 14.8. The Kier molecular flexibility index (Phi) is 6.54. The topological polar surface area (TPSA) is 92.4 Å². The van der Waals surface area contributed by atoms with Crippen molar-refractivity contribution in [1.29, 1.82) is 0 Å². The first-order chi connectivity index (χ1) is 17.6. The van der Waals surface area contributed by atoms with E-state index in [4.69, 9.17) is 4.74 Å². The molecule has 1 N–H and O–H groups in total. The van der Waals surface area contributed by atoms with E-state index in [1.165, 1.54) is 6.07 Å². The highest BCUT2D eigenvalue weighted by Crippen LogP contribution is 2.45. The standard InChI is InChI=1S/C23H26F5N7O2/c1-2-37-21-19-20(35(32-21)12-16(24)25)31-17(11-30-19)33-7-5-22(6-8-33)9-18(36)34(13-22)14-3-4-15(29-10-14)23(26,27)28/h3-4,10-11,16,18,36H,2,5-9,12-13H2,1H3. The molecular weight excluding hydrogens is 501 g/mol. The van der Waals surface area contributed by atoms with Gasteiger partial charge in [0.25, 0.3) is 12.3 Å². The number of nitrogens with zero attached hydrogens (tertiary/aromatic N) is 7. The summed E-state index contributed by atoms with van der Waals surface area (Å²) >= 11 is 0. The molecule has 2 saturated heterocycles. The van der Waals surface area contributed by atoms with Gasteiger partial charge in [-0.3, -0.25) is 0 Å². The molecule has 0 saturated carbocycles. The van der Waals surface area contributed by atoms with Gasteiger partial charge in [0.1, 0.15) is 24.3 Å². The monoisotopic (exact) mass is 527 g/mol. The number of alkyl halides is 5. The highest BCUT2D eigenvalue weighted by molar-refractivity contribution is 5.78. The van der Waals surface area contributed by atoms with E-state index in [0.717, 1.165) is 16.9 Å². The van der Waals surface area contributed by atoms with Crippen LogP contribution in [0.4, 0.5) is 33.5 Å². The van der Waals surface area contributed by atoms with Crippen LogP contribution in [-0.4, -0.2) is 68.7 Å². The lowest BCUT2D eigenvalue weighted by molar-refractivity contribution is -0.141. The first kappa shape index (κ1) is 25.4. The van der Waals surface area contributed by atoms with Crippen molar-refractivity contribution in [2.24, 2.45) is 5.41 Å². The third kappa shape index (κ3) is 4.98. The fourth-order valence-electron chi connectivity index (χ4n) is 5.14. The van der Waals surface area contributed by atoms with E-state index in [1.54, 1.807) is 18.0 Å². The SMILES string of the molecule is CCOc1nn(CC(F)F)c2nc(N3CCC4(CC3)CC(O)N(c3ccc(C(F)(F)F)nc3)C4)cnc12. The number of aliphatic hydroxyl groups is 1. The molecular formula is C23H26F5N7O2. The van der Waals surface area contributed by atoms with Crippen LogP contribution in [0.2, 0.25) is 0 Å². The van der Waals surface area contributed by atoms with Crippen LogP contribution in [0.5, 0.6) is 5.88 Å². The molecule has 2 fully saturated rings. The Morgan fingerprint density at radius 3 is 2.54 bits per heavy atom. The van der Waals surface area contributed by atoms with E-state index in [2.05, 4.69) is 20.1 Å². The van der Waals surface area contributed by atoms with Crippen molar-refractivity contribution < 1.29 is 31.8 Å². The molecule has 5 rings (SSSR count). The summed E-state index contributed by atoms with van der Waals surface area (Å²) in [5.74, 6) is 0.691. The first-order valence-corrected chi connectivity index (χ1v) is 12.0. The van der Waals surface area contributed by atoms with Crippen molar-refractivity contribution in [2.75, 3.05) is 36.0 Å². The number of halogens is 5. The molecule has 0 bridgehead atoms. The second-order valence-corrected chi connectivity index (χ2v) is 9.41. The van der Waals surface area contributed by atoms with Gasteiger partial charge in [-0.05, 0) is 43.7 Å². The van der Waals surface area contributed by atoms with Gasteiger partial charge in [-0.1, -0.05) is 0 Å². The fraction of sp³-hybridized carbons (Fsp3) is 0.565. The Morgan fingerprint density at radius 2 is 1.92 bits per heavy atom. The quantitative estimate of drug-likeness (QED) is 0.485. The maximum Gasteiger partial charge on any atom is 0.433 e. The summed E-state index contributed by atoms with van der Waals surface area (Å²) in [6, 6.07) is 2.25. The van der Waals surface area contributed by atoms with E-state index in [0.29, 0.717) is 62.5 Å². The van der Waals surface area contributed by atoms with Crippen molar-refractivity contribution in [1.82, 2.24) is 24.7 Å². The van der Waals surface area contributed by atoms with Crippen LogP contribution in [0.25, 0.3) is 11.2 Å². The lowest BCUT2D eigenvalue weighted by Gasteiger charge is -2.39. The Morgan fingerprint density at radius 1 is 1.16 bits per heavy atom. The van der Waals surface area contributed by atoms with Gasteiger partial charge >= 0.3 is 6.18 Å². The highest BCUT2D eigenvalue weighted by Gasteiger charge is 2.45. The second-order valence-electron chi connectivity index (χ2n) is 9.41. The van der Waals surface area contributed by atoms with Gasteiger partial charge in [-0.15, -0.1) is 5.10 Å². The minimum absolute atomic E-state index is 0.160. The smallest absolute Gasteiger partial charge is 0.433 e. The molecule has 0 radical (unpaired) electrons. The van der Waals surface area contributed by atoms with Crippen LogP contribution in [0.1, 0.15) is 31.9 Å². The minimum Gasteiger partial charge on any atom is -0.475 e. The molecule has 14 heteroatoms. The van der Waals surface area contributed by atoms with Crippen molar-refractivity contribution in [3.63, 3.8) is 0 Å². The van der Waals surface area contributed by atoms with E-state index in [1.807, 2.05) is 4.90 Å². The van der Waals surface area contributed by atoms with Crippen LogP contribution in [0, 0.1) is 5.41 Å². The van der Waals surface area contributed by atoms with E-state index < -0.39 is 31.1 Å². The average molecular weight is 527 g/mol. The van der Waals surface area contributed by atoms with E-state index >= 15 is 0 Å². The summed E-state index contributed by atoms with van der Waals surface area (Å²) in [5.41, 5.74) is -0.225. The largest absolute Gasteiger partial charge is 0.475 e. The van der Waals surface area contributed by atoms with Gasteiger partial charge in [-0.2, -0.15) is 13.2 Å². The van der Waals surface area contributed by atoms with Crippen molar-refractivity contribution >= 4 is 22.7 Å². The van der Waals surface area contributed by atoms with Gasteiger partial charge in [0, 0.05) is 19.6 Å². The normalized spacial score (nSPS) is 19.9. The number of piperidine rings is 1. The number of hydrogen-bond donors (Lipinski definition) is 1. The zero-order valence-electron chi connectivity index (χ0n) is 20.0. The van der Waals surface area contributed by atoms with Gasteiger partial charge in [-0.25, -0.2) is 28.4 Å². The van der Waals surface area contributed by atoms with Crippen LogP contribution in [0.15, 0.2) is 24.5 Å². The average Bonchev–Trinajstić information content (AvgIpc) is 3.35. The number of aromatic nitrogens is 5. The Bertz CT molecular complexity index is 1240. The summed E-state index contributed by atoms with van der Waals surface area (Å²) in [6.07, 6.45) is -3.37. The zero-order chi connectivity index (χ0) is 26.4.